The fourth-order valence-corrected chi connectivity index (χ4v) is 5.78. The van der Waals surface area contributed by atoms with Crippen molar-refractivity contribution in [2.24, 2.45) is 0 Å². The Labute approximate surface area is 223 Å². The minimum atomic E-state index is -4.01. The molecule has 0 bridgehead atoms. The van der Waals surface area contributed by atoms with Crippen LogP contribution in [0, 0.1) is 5.82 Å². The van der Waals surface area contributed by atoms with Crippen LogP contribution in [0.2, 0.25) is 5.02 Å². The Kier molecular flexibility index (Phi) is 6.91. The monoisotopic (exact) mass is 556 g/mol. The fraction of sp³-hybridized carbons (Fsp3) is 0.192. The fourth-order valence-electron chi connectivity index (χ4n) is 4.34. The Morgan fingerprint density at radius 1 is 1.05 bits per heavy atom. The summed E-state index contributed by atoms with van der Waals surface area (Å²) in [6, 6.07) is 13.1. The van der Waals surface area contributed by atoms with Crippen molar-refractivity contribution in [3.63, 3.8) is 0 Å². The lowest BCUT2D eigenvalue weighted by Gasteiger charge is -2.19. The number of carbonyl (C=O) groups is 1. The Bertz CT molecular complexity index is 1670. The van der Waals surface area contributed by atoms with E-state index in [0.717, 1.165) is 5.39 Å². The lowest BCUT2D eigenvalue weighted by atomic mass is 10.1. The summed E-state index contributed by atoms with van der Waals surface area (Å²) in [5, 5.41) is 2.02. The molecular formula is C26H22ClFN4O5S. The van der Waals surface area contributed by atoms with Crippen LogP contribution in [0.25, 0.3) is 21.9 Å². The van der Waals surface area contributed by atoms with Gasteiger partial charge in [-0.1, -0.05) is 29.8 Å². The molecule has 1 atom stereocenters. The van der Waals surface area contributed by atoms with Gasteiger partial charge in [-0.3, -0.25) is 4.79 Å². The van der Waals surface area contributed by atoms with E-state index in [4.69, 9.17) is 21.1 Å². The number of methoxy groups -OCH3 is 2. The minimum Gasteiger partial charge on any atom is -0.480 e. The summed E-state index contributed by atoms with van der Waals surface area (Å²) >= 11 is 6.00. The molecule has 9 nitrogen and oxygen atoms in total. The van der Waals surface area contributed by atoms with Crippen LogP contribution < -0.4 is 19.1 Å². The summed E-state index contributed by atoms with van der Waals surface area (Å²) in [5.41, 5.74) is 0.915. The summed E-state index contributed by atoms with van der Waals surface area (Å²) in [6.07, 6.45) is 1.63. The number of rotatable bonds is 7. The Balaban J connectivity index is 1.35. The van der Waals surface area contributed by atoms with Crippen molar-refractivity contribution >= 4 is 44.0 Å². The number of carbonyl (C=O) groups excluding carboxylic acids is 1. The first-order valence-electron chi connectivity index (χ1n) is 11.5. The SMILES string of the molecule is COc1ncc(-c2ccc(N3CC[C@H](NS(=O)(=O)c4ccc5cc(Cl)ccc5c4)C3=O)c(F)c2)c(OC)n1. The molecule has 1 N–H and O–H groups in total. The van der Waals surface area contributed by atoms with Crippen molar-refractivity contribution < 1.29 is 27.1 Å². The highest BCUT2D eigenvalue weighted by Gasteiger charge is 2.37. The number of sulfonamides is 1. The third-order valence-corrected chi connectivity index (χ3v) is 7.95. The molecule has 1 fully saturated rings. The van der Waals surface area contributed by atoms with Crippen molar-refractivity contribution in [1.82, 2.24) is 14.7 Å². The van der Waals surface area contributed by atoms with Crippen LogP contribution in [-0.4, -0.2) is 51.1 Å². The second kappa shape index (κ2) is 10.2. The standard InChI is InChI=1S/C26H22ClFN4O5S/c1-36-24-20(14-29-26(30-24)37-2)17-5-8-23(21(28)13-17)32-10-9-22(25(32)33)31-38(34,35)19-7-4-15-11-18(27)6-3-16(15)12-19/h3-8,11-14,22,31H,9-10H2,1-2H3/t22-/m0/s1. The van der Waals surface area contributed by atoms with E-state index in [9.17, 15) is 13.2 Å². The van der Waals surface area contributed by atoms with E-state index in [0.29, 0.717) is 21.5 Å². The molecule has 4 aromatic rings. The van der Waals surface area contributed by atoms with Crippen LogP contribution in [0.4, 0.5) is 10.1 Å². The van der Waals surface area contributed by atoms with Crippen molar-refractivity contribution in [2.75, 3.05) is 25.7 Å². The highest BCUT2D eigenvalue weighted by atomic mass is 35.5. The van der Waals surface area contributed by atoms with E-state index < -0.39 is 27.8 Å². The largest absolute Gasteiger partial charge is 0.480 e. The Hall–Kier alpha value is -3.80. The number of nitrogens with zero attached hydrogens (tertiary/aromatic N) is 3. The third kappa shape index (κ3) is 4.87. The van der Waals surface area contributed by atoms with E-state index in [2.05, 4.69) is 14.7 Å². The maximum Gasteiger partial charge on any atom is 0.319 e. The first-order valence-corrected chi connectivity index (χ1v) is 13.3. The molecule has 5 rings (SSSR count). The van der Waals surface area contributed by atoms with Crippen molar-refractivity contribution in [3.8, 4) is 23.0 Å². The third-order valence-electron chi connectivity index (χ3n) is 6.24. The molecule has 2 heterocycles. The second-order valence-electron chi connectivity index (χ2n) is 8.55. The molecule has 0 aliphatic carbocycles. The Morgan fingerprint density at radius 2 is 1.82 bits per heavy atom. The number of nitrogens with one attached hydrogen (secondary N) is 1. The number of hydrogen-bond donors (Lipinski definition) is 1. The van der Waals surface area contributed by atoms with Gasteiger partial charge in [0.25, 0.3) is 0 Å². The van der Waals surface area contributed by atoms with Gasteiger partial charge in [0, 0.05) is 17.8 Å². The second-order valence-corrected chi connectivity index (χ2v) is 10.7. The molecule has 0 radical (unpaired) electrons. The van der Waals surface area contributed by atoms with Crippen molar-refractivity contribution in [2.45, 2.75) is 17.4 Å². The van der Waals surface area contributed by atoms with Crippen molar-refractivity contribution in [3.05, 3.63) is 71.6 Å². The molecule has 1 aliphatic heterocycles. The Morgan fingerprint density at radius 3 is 2.55 bits per heavy atom. The molecular weight excluding hydrogens is 535 g/mol. The van der Waals surface area contributed by atoms with Crippen LogP contribution in [0.5, 0.6) is 11.9 Å². The molecule has 196 valence electrons. The maximum atomic E-state index is 15.2. The molecule has 0 spiro atoms. The summed E-state index contributed by atoms with van der Waals surface area (Å²) in [5.74, 6) is -1.00. The number of amides is 1. The van der Waals surface area contributed by atoms with Crippen LogP contribution in [0.3, 0.4) is 0 Å². The summed E-state index contributed by atoms with van der Waals surface area (Å²) in [7, 11) is -1.17. The molecule has 12 heteroatoms. The van der Waals surface area contributed by atoms with Gasteiger partial charge >= 0.3 is 6.01 Å². The molecule has 1 saturated heterocycles. The van der Waals surface area contributed by atoms with Gasteiger partial charge in [0.15, 0.2) is 0 Å². The molecule has 0 saturated carbocycles. The molecule has 1 aliphatic rings. The van der Waals surface area contributed by atoms with E-state index in [-0.39, 0.29) is 35.4 Å². The maximum absolute atomic E-state index is 15.2. The number of aromatic nitrogens is 2. The van der Waals surface area contributed by atoms with Gasteiger partial charge in [0.2, 0.25) is 21.8 Å². The van der Waals surface area contributed by atoms with Gasteiger partial charge in [-0.2, -0.15) is 9.71 Å². The normalized spacial score (nSPS) is 15.7. The smallest absolute Gasteiger partial charge is 0.319 e. The average Bonchev–Trinajstić information content (AvgIpc) is 3.26. The summed E-state index contributed by atoms with van der Waals surface area (Å²) in [6.45, 7) is 0.146. The number of ether oxygens (including phenoxy) is 2. The van der Waals surface area contributed by atoms with E-state index in [1.165, 1.54) is 49.6 Å². The van der Waals surface area contributed by atoms with Gasteiger partial charge in [-0.05, 0) is 59.2 Å². The highest BCUT2D eigenvalue weighted by molar-refractivity contribution is 7.89. The molecule has 1 amide bonds. The van der Waals surface area contributed by atoms with Gasteiger partial charge < -0.3 is 14.4 Å². The number of benzene rings is 3. The van der Waals surface area contributed by atoms with Crippen LogP contribution >= 0.6 is 11.6 Å². The zero-order valence-corrected chi connectivity index (χ0v) is 21.9. The van der Waals surface area contributed by atoms with Gasteiger partial charge in [0.1, 0.15) is 11.9 Å². The summed E-state index contributed by atoms with van der Waals surface area (Å²) in [4.78, 5) is 22.5. The van der Waals surface area contributed by atoms with Gasteiger partial charge in [-0.25, -0.2) is 17.8 Å². The van der Waals surface area contributed by atoms with E-state index in [1.54, 1.807) is 30.3 Å². The predicted molar refractivity (Wildman–Crippen MR) is 141 cm³/mol. The topological polar surface area (TPSA) is 111 Å². The molecule has 3 aromatic carbocycles. The van der Waals surface area contributed by atoms with Gasteiger partial charge in [0.05, 0.1) is 30.4 Å². The average molecular weight is 557 g/mol. The highest BCUT2D eigenvalue weighted by Crippen LogP contribution is 2.33. The molecule has 38 heavy (non-hydrogen) atoms. The van der Waals surface area contributed by atoms with Crippen LogP contribution in [0.15, 0.2) is 65.7 Å². The van der Waals surface area contributed by atoms with Gasteiger partial charge in [-0.15, -0.1) is 0 Å². The number of hydrogen-bond acceptors (Lipinski definition) is 7. The molecule has 1 aromatic heterocycles. The predicted octanol–water partition coefficient (Wildman–Crippen LogP) is 4.19. The van der Waals surface area contributed by atoms with Crippen molar-refractivity contribution in [1.29, 1.82) is 0 Å². The van der Waals surface area contributed by atoms with Crippen LogP contribution in [0.1, 0.15) is 6.42 Å². The zero-order valence-electron chi connectivity index (χ0n) is 20.3. The first kappa shape index (κ1) is 25.8. The quantitative estimate of drug-likeness (QED) is 0.363. The number of halogens is 2. The molecule has 0 unspecified atom stereocenters. The number of anilines is 1. The zero-order chi connectivity index (χ0) is 27.0. The van der Waals surface area contributed by atoms with E-state index >= 15 is 4.39 Å². The van der Waals surface area contributed by atoms with E-state index in [1.807, 2.05) is 0 Å². The summed E-state index contributed by atoms with van der Waals surface area (Å²) < 4.78 is 54.0. The van der Waals surface area contributed by atoms with Crippen LogP contribution in [-0.2, 0) is 14.8 Å². The minimum absolute atomic E-state index is 0.0183. The number of fused-ring (bicyclic) bond motifs is 1. The first-order chi connectivity index (χ1) is 18.2. The lowest BCUT2D eigenvalue weighted by Crippen LogP contribution is -2.41. The lowest BCUT2D eigenvalue weighted by molar-refractivity contribution is -0.118.